The molecule has 2 aromatic carbocycles. The van der Waals surface area contributed by atoms with Crippen molar-refractivity contribution >= 4 is 34.9 Å². The van der Waals surface area contributed by atoms with E-state index < -0.39 is 12.1 Å². The number of amides is 1. The molecular formula is C21H20ClNO4. The first kappa shape index (κ1) is 19.1. The van der Waals surface area contributed by atoms with Gasteiger partial charge in [-0.3, -0.25) is 9.59 Å². The molecule has 1 heterocycles. The molecule has 6 heteroatoms. The SMILES string of the molecule is Cc1ccc(C(=O)[C@@H](C)OC(=O)c2ccc(Cl)c(N3CCCC3=O)c2)cc1. The van der Waals surface area contributed by atoms with Gasteiger partial charge in [0, 0.05) is 18.5 Å². The minimum absolute atomic E-state index is 0.0228. The number of ether oxygens (including phenoxy) is 1. The van der Waals surface area contributed by atoms with Crippen molar-refractivity contribution in [2.24, 2.45) is 0 Å². The number of halogens is 1. The van der Waals surface area contributed by atoms with Gasteiger partial charge in [-0.2, -0.15) is 0 Å². The maximum Gasteiger partial charge on any atom is 0.338 e. The number of carbonyl (C=O) groups excluding carboxylic acids is 3. The van der Waals surface area contributed by atoms with Crippen LogP contribution in [0.5, 0.6) is 0 Å². The Morgan fingerprint density at radius 3 is 2.41 bits per heavy atom. The van der Waals surface area contributed by atoms with E-state index in [-0.39, 0.29) is 17.3 Å². The van der Waals surface area contributed by atoms with Crippen molar-refractivity contribution in [3.05, 3.63) is 64.2 Å². The van der Waals surface area contributed by atoms with Crippen molar-refractivity contribution in [3.8, 4) is 0 Å². The predicted octanol–water partition coefficient (Wildman–Crippen LogP) is 4.20. The lowest BCUT2D eigenvalue weighted by Gasteiger charge is -2.18. The van der Waals surface area contributed by atoms with Crippen LogP contribution in [0.3, 0.4) is 0 Å². The fourth-order valence-corrected chi connectivity index (χ4v) is 3.20. The highest BCUT2D eigenvalue weighted by molar-refractivity contribution is 6.34. The molecule has 0 unspecified atom stereocenters. The Labute approximate surface area is 162 Å². The maximum absolute atomic E-state index is 12.5. The number of carbonyl (C=O) groups is 3. The second kappa shape index (κ2) is 7.92. The lowest BCUT2D eigenvalue weighted by Crippen LogP contribution is -2.26. The van der Waals surface area contributed by atoms with E-state index in [1.165, 1.54) is 12.1 Å². The van der Waals surface area contributed by atoms with E-state index in [2.05, 4.69) is 0 Å². The summed E-state index contributed by atoms with van der Waals surface area (Å²) in [6.45, 7) is 4.04. The minimum atomic E-state index is -0.923. The topological polar surface area (TPSA) is 63.7 Å². The van der Waals surface area contributed by atoms with Gasteiger partial charge in [-0.1, -0.05) is 41.4 Å². The van der Waals surface area contributed by atoms with Crippen molar-refractivity contribution in [2.45, 2.75) is 32.8 Å². The number of nitrogens with zero attached hydrogens (tertiary/aromatic N) is 1. The number of aryl methyl sites for hydroxylation is 1. The third kappa shape index (κ3) is 4.19. The number of hydrogen-bond acceptors (Lipinski definition) is 4. The summed E-state index contributed by atoms with van der Waals surface area (Å²) in [7, 11) is 0. The largest absolute Gasteiger partial charge is 0.451 e. The molecule has 0 bridgehead atoms. The quantitative estimate of drug-likeness (QED) is 0.571. The monoisotopic (exact) mass is 385 g/mol. The first-order valence-corrected chi connectivity index (χ1v) is 9.16. The highest BCUT2D eigenvalue weighted by atomic mass is 35.5. The zero-order valence-electron chi connectivity index (χ0n) is 15.2. The molecule has 27 heavy (non-hydrogen) atoms. The van der Waals surface area contributed by atoms with Crippen molar-refractivity contribution in [3.63, 3.8) is 0 Å². The third-order valence-electron chi connectivity index (χ3n) is 4.54. The van der Waals surface area contributed by atoms with Gasteiger partial charge in [0.2, 0.25) is 11.7 Å². The molecule has 0 radical (unpaired) electrons. The van der Waals surface area contributed by atoms with Gasteiger partial charge in [-0.05, 0) is 38.5 Å². The van der Waals surface area contributed by atoms with Gasteiger partial charge in [0.15, 0.2) is 6.10 Å². The van der Waals surface area contributed by atoms with E-state index >= 15 is 0 Å². The van der Waals surface area contributed by atoms with Crippen molar-refractivity contribution in [1.82, 2.24) is 0 Å². The molecule has 0 N–H and O–H groups in total. The Bertz CT molecular complexity index is 892. The van der Waals surface area contributed by atoms with Gasteiger partial charge in [-0.15, -0.1) is 0 Å². The summed E-state index contributed by atoms with van der Waals surface area (Å²) in [5, 5.41) is 0.394. The van der Waals surface area contributed by atoms with E-state index in [0.717, 1.165) is 12.0 Å². The van der Waals surface area contributed by atoms with Crippen molar-refractivity contribution in [2.75, 3.05) is 11.4 Å². The van der Waals surface area contributed by atoms with E-state index in [1.807, 2.05) is 19.1 Å². The van der Waals surface area contributed by atoms with Gasteiger partial charge in [0.1, 0.15) is 0 Å². The van der Waals surface area contributed by atoms with Crippen LogP contribution in [0.2, 0.25) is 5.02 Å². The van der Waals surface area contributed by atoms with Crippen molar-refractivity contribution in [1.29, 1.82) is 0 Å². The number of Topliss-reactive ketones (excluding diaryl/α,β-unsaturated/α-hetero) is 1. The molecule has 0 saturated carbocycles. The summed E-state index contributed by atoms with van der Waals surface area (Å²) in [5.74, 6) is -0.926. The molecule has 0 aliphatic carbocycles. The molecule has 3 rings (SSSR count). The van der Waals surface area contributed by atoms with E-state index in [0.29, 0.717) is 29.2 Å². The molecule has 1 saturated heterocycles. The summed E-state index contributed by atoms with van der Waals surface area (Å²) < 4.78 is 5.33. The third-order valence-corrected chi connectivity index (χ3v) is 4.85. The van der Waals surface area contributed by atoms with E-state index in [4.69, 9.17) is 16.3 Å². The van der Waals surface area contributed by atoms with E-state index in [1.54, 1.807) is 30.0 Å². The van der Waals surface area contributed by atoms with Crippen LogP contribution >= 0.6 is 11.6 Å². The second-order valence-electron chi connectivity index (χ2n) is 6.59. The first-order chi connectivity index (χ1) is 12.9. The van der Waals surface area contributed by atoms with Gasteiger partial charge < -0.3 is 9.64 Å². The Kier molecular flexibility index (Phi) is 5.61. The normalized spacial score (nSPS) is 14.9. The smallest absolute Gasteiger partial charge is 0.338 e. The lowest BCUT2D eigenvalue weighted by atomic mass is 10.1. The molecule has 0 spiro atoms. The maximum atomic E-state index is 12.5. The van der Waals surface area contributed by atoms with Crippen LogP contribution in [0.15, 0.2) is 42.5 Å². The molecule has 1 amide bonds. The summed E-state index contributed by atoms with van der Waals surface area (Å²) in [5.41, 5.74) is 2.27. The molecule has 140 valence electrons. The van der Waals surface area contributed by atoms with Gasteiger partial charge in [0.05, 0.1) is 16.3 Å². The lowest BCUT2D eigenvalue weighted by molar-refractivity contribution is -0.117. The molecule has 1 aliphatic heterocycles. The van der Waals surface area contributed by atoms with Crippen LogP contribution < -0.4 is 4.90 Å². The molecule has 5 nitrogen and oxygen atoms in total. The molecule has 2 aromatic rings. The van der Waals surface area contributed by atoms with Gasteiger partial charge in [0.25, 0.3) is 0 Å². The highest BCUT2D eigenvalue weighted by Crippen LogP contribution is 2.30. The predicted molar refractivity (Wildman–Crippen MR) is 103 cm³/mol. The summed E-state index contributed by atoms with van der Waals surface area (Å²) in [4.78, 5) is 38.5. The van der Waals surface area contributed by atoms with Crippen LogP contribution in [0.1, 0.15) is 46.0 Å². The van der Waals surface area contributed by atoms with Crippen LogP contribution in [-0.2, 0) is 9.53 Å². The molecule has 0 aromatic heterocycles. The fourth-order valence-electron chi connectivity index (χ4n) is 2.98. The summed E-state index contributed by atoms with van der Waals surface area (Å²) >= 11 is 6.20. The zero-order valence-corrected chi connectivity index (χ0v) is 16.0. The van der Waals surface area contributed by atoms with Crippen LogP contribution in [0.25, 0.3) is 0 Å². The van der Waals surface area contributed by atoms with Crippen molar-refractivity contribution < 1.29 is 19.1 Å². The van der Waals surface area contributed by atoms with Crippen LogP contribution in [0, 0.1) is 6.92 Å². The van der Waals surface area contributed by atoms with Gasteiger partial charge in [-0.25, -0.2) is 4.79 Å². The molecule has 1 aliphatic rings. The number of rotatable bonds is 5. The summed E-state index contributed by atoms with van der Waals surface area (Å²) in [6.07, 6.45) is 0.298. The minimum Gasteiger partial charge on any atom is -0.451 e. The standard InChI is InChI=1S/C21H20ClNO4/c1-13-5-7-15(8-6-13)20(25)14(2)27-21(26)16-9-10-17(22)18(12-16)23-11-3-4-19(23)24/h5-10,12,14H,3-4,11H2,1-2H3/t14-/m1/s1. The number of hydrogen-bond donors (Lipinski definition) is 0. The van der Waals surface area contributed by atoms with Crippen LogP contribution in [0.4, 0.5) is 5.69 Å². The summed E-state index contributed by atoms with van der Waals surface area (Å²) in [6, 6.07) is 11.7. The number of benzene rings is 2. The Balaban J connectivity index is 1.74. The average Bonchev–Trinajstić information content (AvgIpc) is 3.07. The Morgan fingerprint density at radius 1 is 1.11 bits per heavy atom. The molecule has 1 atom stereocenters. The Hall–Kier alpha value is -2.66. The highest BCUT2D eigenvalue weighted by Gasteiger charge is 2.26. The molecular weight excluding hydrogens is 366 g/mol. The fraction of sp³-hybridized carbons (Fsp3) is 0.286. The second-order valence-corrected chi connectivity index (χ2v) is 7.00. The zero-order chi connectivity index (χ0) is 19.6. The van der Waals surface area contributed by atoms with Gasteiger partial charge >= 0.3 is 5.97 Å². The number of anilines is 1. The average molecular weight is 386 g/mol. The Morgan fingerprint density at radius 2 is 1.78 bits per heavy atom. The van der Waals surface area contributed by atoms with Crippen LogP contribution in [-0.4, -0.2) is 30.3 Å². The first-order valence-electron chi connectivity index (χ1n) is 8.78. The molecule has 1 fully saturated rings. The number of esters is 1. The number of ketones is 1. The van der Waals surface area contributed by atoms with E-state index in [9.17, 15) is 14.4 Å².